The number of hydrogen-bond donors (Lipinski definition) is 1. The van der Waals surface area contributed by atoms with Crippen molar-refractivity contribution in [3.8, 4) is 11.5 Å². The normalized spacial score (nSPS) is 11.9. The van der Waals surface area contributed by atoms with Gasteiger partial charge in [-0.1, -0.05) is 65.7 Å². The van der Waals surface area contributed by atoms with Crippen molar-refractivity contribution in [2.75, 3.05) is 6.61 Å². The molecule has 0 aliphatic heterocycles. The van der Waals surface area contributed by atoms with E-state index in [1.165, 1.54) is 5.56 Å². The number of aryl methyl sites for hydroxylation is 1. The van der Waals surface area contributed by atoms with Crippen LogP contribution in [0, 0.1) is 0 Å². The third-order valence-electron chi connectivity index (χ3n) is 5.07. The second-order valence-corrected chi connectivity index (χ2v) is 8.39. The molecular formula is C26H29Cl2NO2. The van der Waals surface area contributed by atoms with Crippen LogP contribution in [-0.2, 0) is 19.6 Å². The predicted molar refractivity (Wildman–Crippen MR) is 129 cm³/mol. The van der Waals surface area contributed by atoms with Crippen molar-refractivity contribution >= 4 is 23.2 Å². The highest BCUT2D eigenvalue weighted by Crippen LogP contribution is 2.30. The van der Waals surface area contributed by atoms with Gasteiger partial charge >= 0.3 is 0 Å². The molecule has 0 aliphatic rings. The van der Waals surface area contributed by atoms with Gasteiger partial charge in [0.2, 0.25) is 0 Å². The number of hydrogen-bond acceptors (Lipinski definition) is 3. The Hall–Kier alpha value is -2.20. The first-order valence-electron chi connectivity index (χ1n) is 10.6. The van der Waals surface area contributed by atoms with Gasteiger partial charge in [0.15, 0.2) is 11.5 Å². The molecule has 0 amide bonds. The number of nitrogens with one attached hydrogen (secondary N) is 1. The molecule has 3 aromatic carbocycles. The molecule has 1 unspecified atom stereocenters. The third kappa shape index (κ3) is 7.46. The largest absolute Gasteiger partial charge is 0.490 e. The second kappa shape index (κ2) is 12.0. The van der Waals surface area contributed by atoms with E-state index in [-0.39, 0.29) is 0 Å². The van der Waals surface area contributed by atoms with E-state index in [0.717, 1.165) is 36.3 Å². The summed E-state index contributed by atoms with van der Waals surface area (Å²) < 4.78 is 11.8. The van der Waals surface area contributed by atoms with E-state index in [2.05, 4.69) is 48.6 Å². The van der Waals surface area contributed by atoms with Gasteiger partial charge < -0.3 is 14.8 Å². The monoisotopic (exact) mass is 457 g/mol. The highest BCUT2D eigenvalue weighted by molar-refractivity contribution is 6.35. The summed E-state index contributed by atoms with van der Waals surface area (Å²) in [6, 6.07) is 22.5. The molecule has 3 nitrogen and oxygen atoms in total. The quantitative estimate of drug-likeness (QED) is 0.333. The van der Waals surface area contributed by atoms with Crippen molar-refractivity contribution in [1.29, 1.82) is 0 Å². The van der Waals surface area contributed by atoms with Crippen LogP contribution < -0.4 is 14.8 Å². The standard InChI is InChI=1S/C26H29Cl2NO2/c1-3-30-26-15-21(17-29-19(2)9-10-20-7-5-4-6-8-20)11-14-25(26)31-18-22-12-13-23(27)16-24(22)28/h4-8,11-16,19,29H,3,9-10,17-18H2,1-2H3. The first-order chi connectivity index (χ1) is 15.0. The first kappa shape index (κ1) is 23.5. The Balaban J connectivity index is 1.56. The molecule has 0 heterocycles. The van der Waals surface area contributed by atoms with E-state index in [1.54, 1.807) is 6.07 Å². The Morgan fingerprint density at radius 1 is 0.871 bits per heavy atom. The van der Waals surface area contributed by atoms with Gasteiger partial charge in [0.05, 0.1) is 6.61 Å². The Bertz CT molecular complexity index is 963. The smallest absolute Gasteiger partial charge is 0.161 e. The molecule has 0 radical (unpaired) electrons. The van der Waals surface area contributed by atoms with Gasteiger partial charge in [-0.05, 0) is 62.1 Å². The zero-order valence-corrected chi connectivity index (χ0v) is 19.5. The first-order valence-corrected chi connectivity index (χ1v) is 11.4. The van der Waals surface area contributed by atoms with Crippen LogP contribution in [-0.4, -0.2) is 12.6 Å². The van der Waals surface area contributed by atoms with Crippen LogP contribution in [0.25, 0.3) is 0 Å². The maximum atomic E-state index is 6.25. The maximum Gasteiger partial charge on any atom is 0.161 e. The van der Waals surface area contributed by atoms with Gasteiger partial charge in [0.25, 0.3) is 0 Å². The molecule has 31 heavy (non-hydrogen) atoms. The lowest BCUT2D eigenvalue weighted by Gasteiger charge is -2.16. The van der Waals surface area contributed by atoms with Crippen LogP contribution in [0.15, 0.2) is 66.7 Å². The van der Waals surface area contributed by atoms with E-state index >= 15 is 0 Å². The SMILES string of the molecule is CCOc1cc(CNC(C)CCc2ccccc2)ccc1OCc1ccc(Cl)cc1Cl. The minimum Gasteiger partial charge on any atom is -0.490 e. The number of rotatable bonds is 11. The summed E-state index contributed by atoms with van der Waals surface area (Å²) in [5.41, 5.74) is 3.41. The van der Waals surface area contributed by atoms with Gasteiger partial charge in [-0.2, -0.15) is 0 Å². The summed E-state index contributed by atoms with van der Waals surface area (Å²) in [4.78, 5) is 0. The molecule has 3 aromatic rings. The van der Waals surface area contributed by atoms with Gasteiger partial charge in [0, 0.05) is 28.2 Å². The van der Waals surface area contributed by atoms with Crippen molar-refractivity contribution in [2.24, 2.45) is 0 Å². The maximum absolute atomic E-state index is 6.25. The van der Waals surface area contributed by atoms with Crippen molar-refractivity contribution in [3.63, 3.8) is 0 Å². The number of ether oxygens (including phenoxy) is 2. The molecule has 0 bridgehead atoms. The Morgan fingerprint density at radius 3 is 2.42 bits per heavy atom. The van der Waals surface area contributed by atoms with E-state index in [4.69, 9.17) is 32.7 Å². The number of benzene rings is 3. The summed E-state index contributed by atoms with van der Waals surface area (Å²) >= 11 is 12.2. The molecule has 0 saturated heterocycles. The highest BCUT2D eigenvalue weighted by Gasteiger charge is 2.10. The predicted octanol–water partition coefficient (Wildman–Crippen LogP) is 7.08. The average Bonchev–Trinajstić information content (AvgIpc) is 2.77. The zero-order valence-electron chi connectivity index (χ0n) is 18.0. The summed E-state index contributed by atoms with van der Waals surface area (Å²) in [5, 5.41) is 4.81. The van der Waals surface area contributed by atoms with Crippen LogP contribution in [0.5, 0.6) is 11.5 Å². The molecule has 0 spiro atoms. The molecular weight excluding hydrogens is 429 g/mol. The van der Waals surface area contributed by atoms with Gasteiger partial charge in [-0.15, -0.1) is 0 Å². The molecule has 5 heteroatoms. The third-order valence-corrected chi connectivity index (χ3v) is 5.66. The molecule has 3 rings (SSSR count). The van der Waals surface area contributed by atoms with E-state index < -0.39 is 0 Å². The van der Waals surface area contributed by atoms with Gasteiger partial charge in [0.1, 0.15) is 6.61 Å². The second-order valence-electron chi connectivity index (χ2n) is 7.54. The van der Waals surface area contributed by atoms with E-state index in [1.807, 2.05) is 31.2 Å². The van der Waals surface area contributed by atoms with Crippen molar-refractivity contribution in [1.82, 2.24) is 5.32 Å². The van der Waals surface area contributed by atoms with Crippen LogP contribution in [0.2, 0.25) is 10.0 Å². The Labute approximate surface area is 195 Å². The lowest BCUT2D eigenvalue weighted by Crippen LogP contribution is -2.26. The molecule has 1 atom stereocenters. The van der Waals surface area contributed by atoms with Crippen LogP contribution in [0.1, 0.15) is 37.0 Å². The molecule has 1 N–H and O–H groups in total. The highest BCUT2D eigenvalue weighted by atomic mass is 35.5. The lowest BCUT2D eigenvalue weighted by atomic mass is 10.1. The van der Waals surface area contributed by atoms with E-state index in [0.29, 0.717) is 35.1 Å². The minimum absolute atomic E-state index is 0.351. The van der Waals surface area contributed by atoms with Crippen LogP contribution in [0.4, 0.5) is 0 Å². The molecule has 0 fully saturated rings. The Morgan fingerprint density at radius 2 is 1.68 bits per heavy atom. The topological polar surface area (TPSA) is 30.5 Å². The average molecular weight is 458 g/mol. The fourth-order valence-electron chi connectivity index (χ4n) is 3.27. The molecule has 0 aromatic heterocycles. The molecule has 164 valence electrons. The summed E-state index contributed by atoms with van der Waals surface area (Å²) in [5.74, 6) is 1.44. The van der Waals surface area contributed by atoms with Crippen LogP contribution in [0.3, 0.4) is 0 Å². The van der Waals surface area contributed by atoms with Crippen LogP contribution >= 0.6 is 23.2 Å². The Kier molecular flexibility index (Phi) is 9.08. The summed E-state index contributed by atoms with van der Waals surface area (Å²) in [6.07, 6.45) is 2.16. The van der Waals surface area contributed by atoms with Crippen molar-refractivity contribution < 1.29 is 9.47 Å². The zero-order chi connectivity index (χ0) is 22.1. The fraction of sp³-hybridized carbons (Fsp3) is 0.308. The summed E-state index contributed by atoms with van der Waals surface area (Å²) in [6.45, 7) is 5.89. The van der Waals surface area contributed by atoms with Crippen molar-refractivity contribution in [2.45, 2.75) is 45.9 Å². The fourth-order valence-corrected chi connectivity index (χ4v) is 3.73. The van der Waals surface area contributed by atoms with E-state index in [9.17, 15) is 0 Å². The minimum atomic E-state index is 0.351. The van der Waals surface area contributed by atoms with Gasteiger partial charge in [-0.25, -0.2) is 0 Å². The van der Waals surface area contributed by atoms with Gasteiger partial charge in [-0.3, -0.25) is 0 Å². The lowest BCUT2D eigenvalue weighted by molar-refractivity contribution is 0.269. The molecule has 0 saturated carbocycles. The van der Waals surface area contributed by atoms with Crippen molar-refractivity contribution in [3.05, 3.63) is 93.5 Å². The summed E-state index contributed by atoms with van der Waals surface area (Å²) in [7, 11) is 0. The number of halogens is 2. The molecule has 0 aliphatic carbocycles.